The van der Waals surface area contributed by atoms with E-state index < -0.39 is 23.7 Å². The summed E-state index contributed by atoms with van der Waals surface area (Å²) in [6, 6.07) is 20.1. The predicted octanol–water partition coefficient (Wildman–Crippen LogP) is 3.15. The van der Waals surface area contributed by atoms with Crippen LogP contribution < -0.4 is 4.90 Å². The van der Waals surface area contributed by atoms with Gasteiger partial charge < -0.3 is 20.2 Å². The molecule has 3 aromatic carbocycles. The zero-order chi connectivity index (χ0) is 21.3. The van der Waals surface area contributed by atoms with Crippen LogP contribution in [0.3, 0.4) is 0 Å². The van der Waals surface area contributed by atoms with E-state index in [1.54, 1.807) is 24.3 Å². The van der Waals surface area contributed by atoms with Crippen LogP contribution >= 0.6 is 0 Å². The minimum absolute atomic E-state index is 0.142. The van der Waals surface area contributed by atoms with Crippen molar-refractivity contribution in [1.82, 2.24) is 0 Å². The van der Waals surface area contributed by atoms with Gasteiger partial charge in [0.25, 0.3) is 5.91 Å². The normalized spacial score (nSPS) is 17.8. The van der Waals surface area contributed by atoms with Crippen molar-refractivity contribution in [3.8, 4) is 11.5 Å². The van der Waals surface area contributed by atoms with Gasteiger partial charge in [-0.2, -0.15) is 0 Å². The first kappa shape index (κ1) is 19.7. The van der Waals surface area contributed by atoms with Crippen molar-refractivity contribution < 1.29 is 24.9 Å². The molecule has 30 heavy (non-hydrogen) atoms. The number of para-hydroxylation sites is 1. The number of carbonyl (C=O) groups is 2. The Hall–Kier alpha value is -3.64. The molecule has 4 rings (SSSR count). The van der Waals surface area contributed by atoms with E-state index in [1.807, 2.05) is 30.3 Å². The number of carbonyl (C=O) groups excluding carboxylic acids is 2. The van der Waals surface area contributed by atoms with Gasteiger partial charge in [-0.05, 0) is 36.2 Å². The molecule has 1 aliphatic rings. The number of Topliss-reactive ketones (excluding diaryl/α,β-unsaturated/α-hetero) is 1. The van der Waals surface area contributed by atoms with E-state index in [4.69, 9.17) is 0 Å². The molecule has 0 bridgehead atoms. The first-order valence-electron chi connectivity index (χ1n) is 9.63. The molecule has 0 spiro atoms. The Bertz CT molecular complexity index is 1110. The zero-order valence-electron chi connectivity index (χ0n) is 16.2. The van der Waals surface area contributed by atoms with Crippen molar-refractivity contribution in [1.29, 1.82) is 0 Å². The van der Waals surface area contributed by atoms with Crippen LogP contribution in [0.5, 0.6) is 11.5 Å². The Morgan fingerprint density at radius 1 is 0.933 bits per heavy atom. The van der Waals surface area contributed by atoms with Gasteiger partial charge in [0.05, 0.1) is 17.7 Å². The Labute approximate surface area is 173 Å². The second-order valence-corrected chi connectivity index (χ2v) is 7.37. The molecule has 1 aliphatic heterocycles. The molecule has 0 aromatic heterocycles. The maximum atomic E-state index is 13.2. The van der Waals surface area contributed by atoms with Gasteiger partial charge in [0.15, 0.2) is 11.4 Å². The van der Waals surface area contributed by atoms with Gasteiger partial charge in [0.1, 0.15) is 11.5 Å². The van der Waals surface area contributed by atoms with Gasteiger partial charge in [0, 0.05) is 12.1 Å². The first-order valence-corrected chi connectivity index (χ1v) is 9.63. The minimum Gasteiger partial charge on any atom is -0.508 e. The second kappa shape index (κ2) is 7.65. The highest BCUT2D eigenvalue weighted by Crippen LogP contribution is 2.43. The zero-order valence-corrected chi connectivity index (χ0v) is 16.2. The van der Waals surface area contributed by atoms with Crippen molar-refractivity contribution in [3.05, 3.63) is 89.5 Å². The van der Waals surface area contributed by atoms with Crippen LogP contribution in [0.4, 0.5) is 5.69 Å². The predicted molar refractivity (Wildman–Crippen MR) is 112 cm³/mol. The number of benzene rings is 3. The third-order valence-corrected chi connectivity index (χ3v) is 5.40. The largest absolute Gasteiger partial charge is 0.508 e. The number of anilines is 1. The summed E-state index contributed by atoms with van der Waals surface area (Å²) in [5.74, 6) is -1.72. The highest BCUT2D eigenvalue weighted by Gasteiger charge is 2.50. The average Bonchev–Trinajstić information content (AvgIpc) is 2.96. The monoisotopic (exact) mass is 403 g/mol. The lowest BCUT2D eigenvalue weighted by molar-refractivity contribution is -0.135. The van der Waals surface area contributed by atoms with Crippen molar-refractivity contribution in [2.75, 3.05) is 11.4 Å². The van der Waals surface area contributed by atoms with E-state index in [-0.39, 0.29) is 17.1 Å². The van der Waals surface area contributed by atoms with Gasteiger partial charge in [-0.3, -0.25) is 9.59 Å². The molecule has 1 unspecified atom stereocenters. The summed E-state index contributed by atoms with van der Waals surface area (Å²) in [5.41, 5.74) is -0.206. The van der Waals surface area contributed by atoms with Gasteiger partial charge >= 0.3 is 0 Å². The number of hydrogen-bond donors (Lipinski definition) is 3. The number of nitrogens with zero attached hydrogens (tertiary/aromatic N) is 1. The molecule has 0 saturated carbocycles. The van der Waals surface area contributed by atoms with Crippen LogP contribution in [0.2, 0.25) is 0 Å². The summed E-state index contributed by atoms with van der Waals surface area (Å²) < 4.78 is 0. The smallest absolute Gasteiger partial charge is 0.264 e. The highest BCUT2D eigenvalue weighted by atomic mass is 16.3. The number of amides is 1. The SMILES string of the molecule is O=C(CC1(O)C(=O)N(CCc2ccccc2)c2ccccc21)c1cc(O)ccc1O. The molecule has 0 aliphatic carbocycles. The molecular formula is C24H21NO5. The first-order chi connectivity index (χ1) is 14.4. The highest BCUT2D eigenvalue weighted by molar-refractivity contribution is 6.11. The molecule has 1 amide bonds. The lowest BCUT2D eigenvalue weighted by atomic mass is 9.88. The van der Waals surface area contributed by atoms with Crippen LogP contribution in [0.1, 0.15) is 27.9 Å². The van der Waals surface area contributed by atoms with Gasteiger partial charge in [-0.15, -0.1) is 0 Å². The number of hydrogen-bond acceptors (Lipinski definition) is 5. The maximum Gasteiger partial charge on any atom is 0.264 e. The number of fused-ring (bicyclic) bond motifs is 1. The van der Waals surface area contributed by atoms with Gasteiger partial charge in [0.2, 0.25) is 0 Å². The Morgan fingerprint density at radius 2 is 1.63 bits per heavy atom. The third-order valence-electron chi connectivity index (χ3n) is 5.40. The summed E-state index contributed by atoms with van der Waals surface area (Å²) in [7, 11) is 0. The average molecular weight is 403 g/mol. The summed E-state index contributed by atoms with van der Waals surface area (Å²) in [6.07, 6.45) is 0.0555. The molecule has 0 radical (unpaired) electrons. The second-order valence-electron chi connectivity index (χ2n) is 7.37. The molecule has 0 saturated heterocycles. The molecule has 3 aromatic rings. The number of phenols is 2. The quantitative estimate of drug-likeness (QED) is 0.434. The molecule has 0 fully saturated rings. The number of phenolic OH excluding ortho intramolecular Hbond substituents is 2. The van der Waals surface area contributed by atoms with Crippen molar-refractivity contribution in [3.63, 3.8) is 0 Å². The summed E-state index contributed by atoms with van der Waals surface area (Å²) in [4.78, 5) is 27.6. The third kappa shape index (κ3) is 3.42. The van der Waals surface area contributed by atoms with Crippen molar-refractivity contribution >= 4 is 17.4 Å². The van der Waals surface area contributed by atoms with Crippen LogP contribution in [0.25, 0.3) is 0 Å². The lowest BCUT2D eigenvalue weighted by Crippen LogP contribution is -2.42. The number of ketones is 1. The topological polar surface area (TPSA) is 98.1 Å². The van der Waals surface area contributed by atoms with E-state index >= 15 is 0 Å². The number of rotatable bonds is 6. The fourth-order valence-electron chi connectivity index (χ4n) is 3.86. The van der Waals surface area contributed by atoms with Crippen molar-refractivity contribution in [2.24, 2.45) is 0 Å². The summed E-state index contributed by atoms with van der Waals surface area (Å²) in [5, 5.41) is 30.9. The molecular weight excluding hydrogens is 382 g/mol. The molecule has 6 nitrogen and oxygen atoms in total. The van der Waals surface area contributed by atoms with Crippen molar-refractivity contribution in [2.45, 2.75) is 18.4 Å². The molecule has 3 N–H and O–H groups in total. The van der Waals surface area contributed by atoms with Crippen LogP contribution in [-0.2, 0) is 16.8 Å². The Balaban J connectivity index is 1.63. The van der Waals surface area contributed by atoms with Gasteiger partial charge in [-0.1, -0.05) is 48.5 Å². The Kier molecular flexibility index (Phi) is 5.01. The van der Waals surface area contributed by atoms with Gasteiger partial charge in [-0.25, -0.2) is 0 Å². The van der Waals surface area contributed by atoms with E-state index in [2.05, 4.69) is 0 Å². The van der Waals surface area contributed by atoms with E-state index in [0.717, 1.165) is 11.6 Å². The van der Waals surface area contributed by atoms with E-state index in [9.17, 15) is 24.9 Å². The molecule has 6 heteroatoms. The molecule has 152 valence electrons. The lowest BCUT2D eigenvalue weighted by Gasteiger charge is -2.23. The summed E-state index contributed by atoms with van der Waals surface area (Å²) in [6.45, 7) is 0.355. The fourth-order valence-corrected chi connectivity index (χ4v) is 3.86. The van der Waals surface area contributed by atoms with E-state index in [1.165, 1.54) is 17.0 Å². The molecule has 1 heterocycles. The van der Waals surface area contributed by atoms with E-state index in [0.29, 0.717) is 24.2 Å². The number of aliphatic hydroxyl groups is 1. The summed E-state index contributed by atoms with van der Waals surface area (Å²) >= 11 is 0. The maximum absolute atomic E-state index is 13.2. The van der Waals surface area contributed by atoms with Crippen LogP contribution in [0.15, 0.2) is 72.8 Å². The van der Waals surface area contributed by atoms with Crippen LogP contribution in [0, 0.1) is 0 Å². The fraction of sp³-hybridized carbons (Fsp3) is 0.167. The van der Waals surface area contributed by atoms with Crippen LogP contribution in [-0.4, -0.2) is 33.6 Å². The molecule has 1 atom stereocenters. The minimum atomic E-state index is -2.04. The number of aromatic hydroxyl groups is 2. The standard InChI is InChI=1S/C24H21NO5/c26-17-10-11-21(27)18(14-17)22(28)15-24(30)19-8-4-5-9-20(19)25(23(24)29)13-12-16-6-2-1-3-7-16/h1-11,14,26-27,30H,12-13,15H2. The Morgan fingerprint density at radius 3 is 2.40 bits per heavy atom.